The van der Waals surface area contributed by atoms with Gasteiger partial charge in [-0.25, -0.2) is 0 Å². The Hall–Kier alpha value is -3.19. The standard InChI is InChI=1S/C21H22ClN3O4/c1-5-15-19(23-21(26)12-6-8-14(22)9-7-12)18(25-24-15)13-10-16(27-2)20(29-4)17(11-13)28-3/h6-11H,5H2,1-4H3,(H,23,26)(H,24,25). The fraction of sp³-hybridized carbons (Fsp3) is 0.238. The van der Waals surface area contributed by atoms with E-state index in [0.717, 1.165) is 5.69 Å². The summed E-state index contributed by atoms with van der Waals surface area (Å²) in [5.41, 5.74) is 3.18. The van der Waals surface area contributed by atoms with Crippen molar-refractivity contribution in [3.8, 4) is 28.5 Å². The zero-order chi connectivity index (χ0) is 21.0. The van der Waals surface area contributed by atoms with E-state index in [1.54, 1.807) is 57.7 Å². The van der Waals surface area contributed by atoms with Crippen LogP contribution in [0.25, 0.3) is 11.3 Å². The lowest BCUT2D eigenvalue weighted by Crippen LogP contribution is -2.13. The summed E-state index contributed by atoms with van der Waals surface area (Å²) in [5.74, 6) is 1.22. The number of aromatic nitrogens is 2. The maximum absolute atomic E-state index is 12.8. The van der Waals surface area contributed by atoms with Gasteiger partial charge in [0.2, 0.25) is 5.75 Å². The summed E-state index contributed by atoms with van der Waals surface area (Å²) in [4.78, 5) is 12.8. The van der Waals surface area contributed by atoms with Gasteiger partial charge in [0, 0.05) is 16.1 Å². The number of hydrogen-bond donors (Lipinski definition) is 2. The maximum Gasteiger partial charge on any atom is 0.255 e. The highest BCUT2D eigenvalue weighted by Gasteiger charge is 2.21. The maximum atomic E-state index is 12.8. The Kier molecular flexibility index (Phi) is 6.29. The molecule has 0 aliphatic carbocycles. The second-order valence-electron chi connectivity index (χ2n) is 6.15. The predicted molar refractivity (Wildman–Crippen MR) is 112 cm³/mol. The van der Waals surface area contributed by atoms with Crippen LogP contribution in [0.4, 0.5) is 5.69 Å². The van der Waals surface area contributed by atoms with E-state index in [4.69, 9.17) is 25.8 Å². The van der Waals surface area contributed by atoms with Crippen LogP contribution < -0.4 is 19.5 Å². The van der Waals surface area contributed by atoms with Crippen molar-refractivity contribution >= 4 is 23.2 Å². The number of aromatic amines is 1. The third-order valence-electron chi connectivity index (χ3n) is 4.48. The van der Waals surface area contributed by atoms with Crippen molar-refractivity contribution in [2.24, 2.45) is 0 Å². The number of methoxy groups -OCH3 is 3. The minimum Gasteiger partial charge on any atom is -0.493 e. The van der Waals surface area contributed by atoms with Crippen molar-refractivity contribution in [1.82, 2.24) is 10.2 Å². The molecule has 3 rings (SSSR count). The Bertz CT molecular complexity index is 990. The molecule has 2 N–H and O–H groups in total. The number of benzene rings is 2. The number of nitrogens with one attached hydrogen (secondary N) is 2. The lowest BCUT2D eigenvalue weighted by molar-refractivity contribution is 0.102. The molecule has 1 amide bonds. The Morgan fingerprint density at radius 3 is 2.21 bits per heavy atom. The summed E-state index contributed by atoms with van der Waals surface area (Å²) >= 11 is 5.91. The van der Waals surface area contributed by atoms with Gasteiger partial charge in [0.25, 0.3) is 5.91 Å². The third kappa shape index (κ3) is 4.14. The van der Waals surface area contributed by atoms with E-state index in [2.05, 4.69) is 15.5 Å². The number of carbonyl (C=O) groups is 1. The van der Waals surface area contributed by atoms with Crippen LogP contribution in [-0.2, 0) is 6.42 Å². The molecule has 7 nitrogen and oxygen atoms in total. The van der Waals surface area contributed by atoms with E-state index in [-0.39, 0.29) is 5.91 Å². The zero-order valence-corrected chi connectivity index (χ0v) is 17.4. The summed E-state index contributed by atoms with van der Waals surface area (Å²) in [6.07, 6.45) is 0.660. The quantitative estimate of drug-likeness (QED) is 0.590. The summed E-state index contributed by atoms with van der Waals surface area (Å²) in [5, 5.41) is 10.9. The molecule has 0 aliphatic rings. The van der Waals surface area contributed by atoms with E-state index in [1.165, 1.54) is 0 Å². The van der Waals surface area contributed by atoms with Gasteiger partial charge in [0.15, 0.2) is 11.5 Å². The van der Waals surface area contributed by atoms with Crippen LogP contribution in [0.2, 0.25) is 5.02 Å². The number of hydrogen-bond acceptors (Lipinski definition) is 5. The molecule has 2 aromatic carbocycles. The van der Waals surface area contributed by atoms with Crippen molar-refractivity contribution in [2.75, 3.05) is 26.6 Å². The molecule has 1 aromatic heterocycles. The molecule has 0 aliphatic heterocycles. The van der Waals surface area contributed by atoms with Crippen molar-refractivity contribution in [3.05, 3.63) is 52.7 Å². The summed E-state index contributed by atoms with van der Waals surface area (Å²) in [6.45, 7) is 1.98. The van der Waals surface area contributed by atoms with Crippen LogP contribution in [0.15, 0.2) is 36.4 Å². The highest BCUT2D eigenvalue weighted by molar-refractivity contribution is 6.30. The van der Waals surface area contributed by atoms with Gasteiger partial charge >= 0.3 is 0 Å². The molecule has 1 heterocycles. The topological polar surface area (TPSA) is 85.5 Å². The molecule has 8 heteroatoms. The predicted octanol–water partition coefficient (Wildman–Crippen LogP) is 4.57. The molecule has 0 fully saturated rings. The highest BCUT2D eigenvalue weighted by Crippen LogP contribution is 2.42. The Morgan fingerprint density at radius 1 is 1.07 bits per heavy atom. The fourth-order valence-electron chi connectivity index (χ4n) is 2.98. The number of H-pyrrole nitrogens is 1. The largest absolute Gasteiger partial charge is 0.493 e. The Balaban J connectivity index is 2.05. The number of halogens is 1. The van der Waals surface area contributed by atoms with Gasteiger partial charge in [-0.15, -0.1) is 0 Å². The lowest BCUT2D eigenvalue weighted by atomic mass is 10.1. The normalized spacial score (nSPS) is 10.5. The molecule has 0 atom stereocenters. The van der Waals surface area contributed by atoms with Gasteiger partial charge in [-0.2, -0.15) is 5.10 Å². The van der Waals surface area contributed by atoms with Gasteiger partial charge in [-0.1, -0.05) is 18.5 Å². The van der Waals surface area contributed by atoms with E-state index >= 15 is 0 Å². The Morgan fingerprint density at radius 2 is 1.69 bits per heavy atom. The number of aryl methyl sites for hydroxylation is 1. The van der Waals surface area contributed by atoms with E-state index < -0.39 is 0 Å². The third-order valence-corrected chi connectivity index (χ3v) is 4.73. The number of rotatable bonds is 7. The van der Waals surface area contributed by atoms with Crippen LogP contribution in [0.1, 0.15) is 23.0 Å². The molecule has 0 spiro atoms. The first-order chi connectivity index (χ1) is 14.0. The van der Waals surface area contributed by atoms with Gasteiger partial charge in [0.05, 0.1) is 32.7 Å². The minimum absolute atomic E-state index is 0.258. The molecule has 0 radical (unpaired) electrons. The SMILES string of the molecule is CCc1[nH]nc(-c2cc(OC)c(OC)c(OC)c2)c1NC(=O)c1ccc(Cl)cc1. The smallest absolute Gasteiger partial charge is 0.255 e. The first-order valence-corrected chi connectivity index (χ1v) is 9.34. The fourth-order valence-corrected chi connectivity index (χ4v) is 3.11. The molecular formula is C21H22ClN3O4. The number of ether oxygens (including phenoxy) is 3. The van der Waals surface area contributed by atoms with Gasteiger partial charge in [-0.05, 0) is 42.8 Å². The monoisotopic (exact) mass is 415 g/mol. The lowest BCUT2D eigenvalue weighted by Gasteiger charge is -2.14. The van der Waals surface area contributed by atoms with Crippen LogP contribution >= 0.6 is 11.6 Å². The highest BCUT2D eigenvalue weighted by atomic mass is 35.5. The molecule has 29 heavy (non-hydrogen) atoms. The number of nitrogens with zero attached hydrogens (tertiary/aromatic N) is 1. The molecule has 3 aromatic rings. The summed E-state index contributed by atoms with van der Waals surface area (Å²) in [6, 6.07) is 10.3. The Labute approximate surface area is 173 Å². The van der Waals surface area contributed by atoms with Crippen LogP contribution in [0.3, 0.4) is 0 Å². The minimum atomic E-state index is -0.258. The average molecular weight is 416 g/mol. The molecule has 0 saturated carbocycles. The van der Waals surface area contributed by atoms with E-state index in [1.807, 2.05) is 6.92 Å². The number of amides is 1. The van der Waals surface area contributed by atoms with Crippen molar-refractivity contribution in [2.45, 2.75) is 13.3 Å². The summed E-state index contributed by atoms with van der Waals surface area (Å²) in [7, 11) is 4.64. The van der Waals surface area contributed by atoms with Crippen molar-refractivity contribution < 1.29 is 19.0 Å². The number of anilines is 1. The number of carbonyl (C=O) groups excluding carboxylic acids is 1. The van der Waals surface area contributed by atoms with Crippen molar-refractivity contribution in [1.29, 1.82) is 0 Å². The average Bonchev–Trinajstić information content (AvgIpc) is 3.15. The summed E-state index contributed by atoms with van der Waals surface area (Å²) < 4.78 is 16.2. The van der Waals surface area contributed by atoms with Crippen LogP contribution in [-0.4, -0.2) is 37.4 Å². The molecular weight excluding hydrogens is 394 g/mol. The first kappa shape index (κ1) is 20.5. The van der Waals surface area contributed by atoms with Gasteiger partial charge < -0.3 is 19.5 Å². The first-order valence-electron chi connectivity index (χ1n) is 8.96. The molecule has 0 bridgehead atoms. The molecule has 0 saturated heterocycles. The van der Waals surface area contributed by atoms with Crippen molar-refractivity contribution in [3.63, 3.8) is 0 Å². The van der Waals surface area contributed by atoms with Gasteiger partial charge in [0.1, 0.15) is 5.69 Å². The van der Waals surface area contributed by atoms with Crippen LogP contribution in [0, 0.1) is 0 Å². The molecule has 152 valence electrons. The van der Waals surface area contributed by atoms with E-state index in [9.17, 15) is 4.79 Å². The van der Waals surface area contributed by atoms with E-state index in [0.29, 0.717) is 51.2 Å². The molecule has 0 unspecified atom stereocenters. The second-order valence-corrected chi connectivity index (χ2v) is 6.59. The van der Waals surface area contributed by atoms with Crippen LogP contribution in [0.5, 0.6) is 17.2 Å². The van der Waals surface area contributed by atoms with Gasteiger partial charge in [-0.3, -0.25) is 9.89 Å². The second kappa shape index (κ2) is 8.87. The zero-order valence-electron chi connectivity index (χ0n) is 16.6.